The molecule has 0 saturated heterocycles. The van der Waals surface area contributed by atoms with Crippen molar-refractivity contribution in [3.8, 4) is 0 Å². The van der Waals surface area contributed by atoms with E-state index in [-0.39, 0.29) is 5.78 Å². The Hall–Kier alpha value is -1.91. The molecule has 0 atom stereocenters. The number of aryl methyl sites for hydroxylation is 3. The maximum absolute atomic E-state index is 12.0. The third-order valence-electron chi connectivity index (χ3n) is 2.70. The van der Waals surface area contributed by atoms with Gasteiger partial charge in [0.05, 0.1) is 12.1 Å². The summed E-state index contributed by atoms with van der Waals surface area (Å²) in [6, 6.07) is 1.95. The molecule has 0 radical (unpaired) electrons. The number of aromatic nitrogens is 4. The molecule has 17 heavy (non-hydrogen) atoms. The van der Waals surface area contributed by atoms with E-state index in [1.807, 2.05) is 31.6 Å². The predicted octanol–water partition coefficient (Wildman–Crippen LogP) is 1.37. The summed E-state index contributed by atoms with van der Waals surface area (Å²) in [5.74, 6) is 0.513. The van der Waals surface area contributed by atoms with Crippen LogP contribution in [0.4, 0.5) is 0 Å². The Kier molecular flexibility index (Phi) is 3.08. The predicted molar refractivity (Wildman–Crippen MR) is 63.9 cm³/mol. The van der Waals surface area contributed by atoms with Gasteiger partial charge in [-0.3, -0.25) is 9.48 Å². The van der Waals surface area contributed by atoms with Gasteiger partial charge in [0.15, 0.2) is 5.82 Å². The Morgan fingerprint density at radius 3 is 2.82 bits per heavy atom. The quantitative estimate of drug-likeness (QED) is 0.748. The van der Waals surface area contributed by atoms with Crippen LogP contribution in [0.25, 0.3) is 0 Å². The van der Waals surface area contributed by atoms with E-state index >= 15 is 0 Å². The number of hydrogen-bond acceptors (Lipinski definition) is 3. The van der Waals surface area contributed by atoms with Crippen molar-refractivity contribution in [2.75, 3.05) is 0 Å². The first-order valence-electron chi connectivity index (χ1n) is 5.65. The molecular formula is C12H16N4O. The van der Waals surface area contributed by atoms with E-state index in [0.717, 1.165) is 17.9 Å². The van der Waals surface area contributed by atoms with Crippen LogP contribution in [0, 0.1) is 6.92 Å². The minimum atomic E-state index is 0.0205. The molecule has 0 N–H and O–H groups in total. The van der Waals surface area contributed by atoms with Gasteiger partial charge in [-0.2, -0.15) is 5.10 Å². The molecule has 0 aromatic carbocycles. The second kappa shape index (κ2) is 4.53. The van der Waals surface area contributed by atoms with Gasteiger partial charge < -0.3 is 4.57 Å². The van der Waals surface area contributed by atoms with Gasteiger partial charge in [0.25, 0.3) is 0 Å². The molecule has 0 unspecified atom stereocenters. The first kappa shape index (κ1) is 11.6. The molecule has 2 heterocycles. The average molecular weight is 232 g/mol. The molecule has 0 aliphatic rings. The first-order valence-corrected chi connectivity index (χ1v) is 5.65. The van der Waals surface area contributed by atoms with Crippen LogP contribution in [-0.2, 0) is 20.0 Å². The molecule has 0 aliphatic carbocycles. The summed E-state index contributed by atoms with van der Waals surface area (Å²) in [5.41, 5.74) is 1.88. The van der Waals surface area contributed by atoms with Crippen LogP contribution in [0.2, 0.25) is 0 Å². The lowest BCUT2D eigenvalue weighted by Crippen LogP contribution is -2.13. The SMILES string of the molecule is CCn1nc(C)cc1CC(=O)c1nccn1C. The molecule has 2 aromatic rings. The van der Waals surface area contributed by atoms with Crippen molar-refractivity contribution < 1.29 is 4.79 Å². The summed E-state index contributed by atoms with van der Waals surface area (Å²) in [7, 11) is 1.82. The molecule has 0 spiro atoms. The molecule has 0 saturated carbocycles. The highest BCUT2D eigenvalue weighted by molar-refractivity contribution is 5.94. The van der Waals surface area contributed by atoms with Crippen LogP contribution in [0.3, 0.4) is 0 Å². The Balaban J connectivity index is 2.21. The van der Waals surface area contributed by atoms with E-state index in [1.54, 1.807) is 17.0 Å². The Labute approximate surface area is 100 Å². The maximum atomic E-state index is 12.0. The second-order valence-electron chi connectivity index (χ2n) is 4.05. The van der Waals surface area contributed by atoms with Gasteiger partial charge >= 0.3 is 0 Å². The molecule has 5 nitrogen and oxygen atoms in total. The zero-order valence-electron chi connectivity index (χ0n) is 10.3. The van der Waals surface area contributed by atoms with Gasteiger partial charge in [0, 0.05) is 31.7 Å². The van der Waals surface area contributed by atoms with Crippen LogP contribution in [0.15, 0.2) is 18.5 Å². The summed E-state index contributed by atoms with van der Waals surface area (Å²) >= 11 is 0. The summed E-state index contributed by atoms with van der Waals surface area (Å²) in [5, 5.41) is 4.32. The highest BCUT2D eigenvalue weighted by Crippen LogP contribution is 2.08. The number of Topliss-reactive ketones (excluding diaryl/α,β-unsaturated/α-hetero) is 1. The Morgan fingerprint density at radius 2 is 2.24 bits per heavy atom. The second-order valence-corrected chi connectivity index (χ2v) is 4.05. The van der Waals surface area contributed by atoms with Crippen molar-refractivity contribution in [2.24, 2.45) is 7.05 Å². The van der Waals surface area contributed by atoms with E-state index in [9.17, 15) is 4.79 Å². The highest BCUT2D eigenvalue weighted by atomic mass is 16.1. The zero-order chi connectivity index (χ0) is 12.4. The number of ketones is 1. The lowest BCUT2D eigenvalue weighted by atomic mass is 10.2. The van der Waals surface area contributed by atoms with Crippen LogP contribution in [0.1, 0.15) is 28.9 Å². The first-order chi connectivity index (χ1) is 8.11. The fourth-order valence-electron chi connectivity index (χ4n) is 1.89. The molecule has 0 bridgehead atoms. The highest BCUT2D eigenvalue weighted by Gasteiger charge is 2.14. The van der Waals surface area contributed by atoms with E-state index in [2.05, 4.69) is 10.1 Å². The Bertz CT molecular complexity index is 538. The molecule has 90 valence electrons. The number of carbonyl (C=O) groups excluding carboxylic acids is 1. The van der Waals surface area contributed by atoms with E-state index in [0.29, 0.717) is 12.2 Å². The van der Waals surface area contributed by atoms with Crippen LogP contribution in [0.5, 0.6) is 0 Å². The van der Waals surface area contributed by atoms with Gasteiger partial charge in [-0.05, 0) is 19.9 Å². The smallest absolute Gasteiger partial charge is 0.204 e. The summed E-state index contributed by atoms with van der Waals surface area (Å²) in [6.07, 6.45) is 3.75. The summed E-state index contributed by atoms with van der Waals surface area (Å²) < 4.78 is 3.60. The fourth-order valence-corrected chi connectivity index (χ4v) is 1.89. The van der Waals surface area contributed by atoms with Crippen molar-refractivity contribution in [3.63, 3.8) is 0 Å². The van der Waals surface area contributed by atoms with Crippen molar-refractivity contribution in [1.29, 1.82) is 0 Å². The van der Waals surface area contributed by atoms with Gasteiger partial charge in [0.1, 0.15) is 0 Å². The van der Waals surface area contributed by atoms with Gasteiger partial charge in [0.2, 0.25) is 5.78 Å². The summed E-state index contributed by atoms with van der Waals surface area (Å²) in [4.78, 5) is 16.1. The fraction of sp³-hybridized carbons (Fsp3) is 0.417. The molecule has 0 aliphatic heterocycles. The number of imidazole rings is 1. The average Bonchev–Trinajstić information content (AvgIpc) is 2.84. The number of carbonyl (C=O) groups is 1. The van der Waals surface area contributed by atoms with E-state index in [4.69, 9.17) is 0 Å². The van der Waals surface area contributed by atoms with Crippen molar-refractivity contribution >= 4 is 5.78 Å². The monoisotopic (exact) mass is 232 g/mol. The van der Waals surface area contributed by atoms with Crippen LogP contribution in [-0.4, -0.2) is 25.1 Å². The number of hydrogen-bond donors (Lipinski definition) is 0. The lowest BCUT2D eigenvalue weighted by Gasteiger charge is -2.04. The molecular weight excluding hydrogens is 216 g/mol. The molecule has 5 heteroatoms. The lowest BCUT2D eigenvalue weighted by molar-refractivity contribution is 0.0977. The number of nitrogens with zero attached hydrogens (tertiary/aromatic N) is 4. The van der Waals surface area contributed by atoms with Gasteiger partial charge in [-0.15, -0.1) is 0 Å². The minimum absolute atomic E-state index is 0.0205. The van der Waals surface area contributed by atoms with Crippen LogP contribution >= 0.6 is 0 Å². The largest absolute Gasteiger partial charge is 0.332 e. The maximum Gasteiger partial charge on any atom is 0.204 e. The zero-order valence-corrected chi connectivity index (χ0v) is 10.3. The third kappa shape index (κ3) is 2.27. The van der Waals surface area contributed by atoms with Crippen molar-refractivity contribution in [2.45, 2.75) is 26.8 Å². The molecule has 2 aromatic heterocycles. The van der Waals surface area contributed by atoms with Gasteiger partial charge in [-0.1, -0.05) is 0 Å². The minimum Gasteiger partial charge on any atom is -0.332 e. The van der Waals surface area contributed by atoms with Crippen molar-refractivity contribution in [1.82, 2.24) is 19.3 Å². The topological polar surface area (TPSA) is 52.7 Å². The Morgan fingerprint density at radius 1 is 1.47 bits per heavy atom. The van der Waals surface area contributed by atoms with E-state index < -0.39 is 0 Å². The third-order valence-corrected chi connectivity index (χ3v) is 2.70. The number of rotatable bonds is 4. The van der Waals surface area contributed by atoms with Crippen LogP contribution < -0.4 is 0 Å². The summed E-state index contributed by atoms with van der Waals surface area (Å²) in [6.45, 7) is 4.72. The molecule has 0 fully saturated rings. The molecule has 2 rings (SSSR count). The standard InChI is InChI=1S/C12H16N4O/c1-4-16-10(7-9(2)14-16)8-11(17)12-13-5-6-15(12)3/h5-7H,4,8H2,1-3H3. The normalized spacial score (nSPS) is 10.8. The van der Waals surface area contributed by atoms with Gasteiger partial charge in [-0.25, -0.2) is 4.98 Å². The van der Waals surface area contributed by atoms with E-state index in [1.165, 1.54) is 0 Å². The van der Waals surface area contributed by atoms with Crippen molar-refractivity contribution in [3.05, 3.63) is 35.7 Å². The molecule has 0 amide bonds.